The minimum absolute atomic E-state index is 0.0451. The van der Waals surface area contributed by atoms with E-state index in [-0.39, 0.29) is 28.2 Å². The lowest BCUT2D eigenvalue weighted by Gasteiger charge is -2.17. The number of ether oxygens (including phenoxy) is 1. The first-order chi connectivity index (χ1) is 15.3. The third-order valence-corrected chi connectivity index (χ3v) is 5.62. The van der Waals surface area contributed by atoms with Crippen LogP contribution in [0.2, 0.25) is 10.0 Å². The van der Waals surface area contributed by atoms with Gasteiger partial charge >= 0.3 is 0 Å². The zero-order valence-electron chi connectivity index (χ0n) is 17.2. The molecular formula is C22H20Cl3FN4O2. The molecule has 0 saturated carbocycles. The Bertz CT molecular complexity index is 1140. The zero-order chi connectivity index (χ0) is 23.3. The summed E-state index contributed by atoms with van der Waals surface area (Å²) < 4.78 is 20.1. The van der Waals surface area contributed by atoms with E-state index in [0.717, 1.165) is 11.1 Å². The minimum Gasteiger partial charge on any atom is -0.452 e. The van der Waals surface area contributed by atoms with E-state index < -0.39 is 11.9 Å². The number of alkyl halides is 1. The van der Waals surface area contributed by atoms with Crippen LogP contribution >= 0.6 is 34.8 Å². The van der Waals surface area contributed by atoms with Gasteiger partial charge in [-0.1, -0.05) is 41.4 Å². The first-order valence-corrected chi connectivity index (χ1v) is 10.9. The Morgan fingerprint density at radius 3 is 2.66 bits per heavy atom. The Balaban J connectivity index is 1.98. The number of halogens is 4. The second-order valence-electron chi connectivity index (χ2n) is 7.02. The van der Waals surface area contributed by atoms with Gasteiger partial charge in [-0.3, -0.25) is 15.7 Å². The molecule has 0 fully saturated rings. The molecule has 2 N–H and O–H groups in total. The van der Waals surface area contributed by atoms with Gasteiger partial charge in [0.2, 0.25) is 0 Å². The fourth-order valence-corrected chi connectivity index (χ4v) is 3.70. The molecule has 168 valence electrons. The maximum Gasteiger partial charge on any atom is 0.184 e. The minimum atomic E-state index is -0.724. The van der Waals surface area contributed by atoms with Crippen LogP contribution in [0.25, 0.3) is 0 Å². The highest BCUT2D eigenvalue weighted by molar-refractivity contribution is 6.31. The molecule has 0 bridgehead atoms. The van der Waals surface area contributed by atoms with Gasteiger partial charge < -0.3 is 4.74 Å². The van der Waals surface area contributed by atoms with Crippen molar-refractivity contribution < 1.29 is 14.3 Å². The number of amidine groups is 1. The van der Waals surface area contributed by atoms with E-state index in [1.165, 1.54) is 18.3 Å². The molecule has 1 heterocycles. The SMILES string of the molecule is Cc1ccc(CC(CCl)N=C(NO)c2c(Oc3cccc(Cl)c3F)cnnc2C)c(Cl)c1. The smallest absolute Gasteiger partial charge is 0.184 e. The van der Waals surface area contributed by atoms with E-state index in [2.05, 4.69) is 20.7 Å². The summed E-state index contributed by atoms with van der Waals surface area (Å²) in [6.45, 7) is 3.60. The van der Waals surface area contributed by atoms with Crippen LogP contribution < -0.4 is 10.2 Å². The number of aliphatic imine (C=N–C) groups is 1. The van der Waals surface area contributed by atoms with Gasteiger partial charge in [-0.25, -0.2) is 4.39 Å². The van der Waals surface area contributed by atoms with Gasteiger partial charge in [-0.15, -0.1) is 11.6 Å². The Morgan fingerprint density at radius 1 is 1.19 bits per heavy atom. The summed E-state index contributed by atoms with van der Waals surface area (Å²) >= 11 is 18.3. The average molecular weight is 498 g/mol. The number of nitrogens with zero attached hydrogens (tertiary/aromatic N) is 3. The van der Waals surface area contributed by atoms with Crippen LogP contribution in [0.1, 0.15) is 22.4 Å². The highest BCUT2D eigenvalue weighted by Crippen LogP contribution is 2.31. The first-order valence-electron chi connectivity index (χ1n) is 9.57. The molecule has 6 nitrogen and oxygen atoms in total. The van der Waals surface area contributed by atoms with Gasteiger partial charge in [0.25, 0.3) is 0 Å². The summed E-state index contributed by atoms with van der Waals surface area (Å²) in [5, 5.41) is 18.2. The Kier molecular flexibility index (Phi) is 8.26. The van der Waals surface area contributed by atoms with Crippen LogP contribution in [0, 0.1) is 19.7 Å². The van der Waals surface area contributed by atoms with Crippen molar-refractivity contribution >= 4 is 40.6 Å². The Hall–Kier alpha value is -2.45. The van der Waals surface area contributed by atoms with E-state index in [0.29, 0.717) is 22.7 Å². The summed E-state index contributed by atoms with van der Waals surface area (Å²) in [5.74, 6) is -0.502. The normalized spacial score (nSPS) is 12.5. The van der Waals surface area contributed by atoms with Crippen molar-refractivity contribution in [1.29, 1.82) is 0 Å². The molecule has 0 spiro atoms. The fraction of sp³-hybridized carbons (Fsp3) is 0.227. The lowest BCUT2D eigenvalue weighted by molar-refractivity contribution is 0.234. The monoisotopic (exact) mass is 496 g/mol. The van der Waals surface area contributed by atoms with E-state index in [1.54, 1.807) is 13.0 Å². The van der Waals surface area contributed by atoms with Gasteiger partial charge in [0, 0.05) is 10.9 Å². The summed E-state index contributed by atoms with van der Waals surface area (Å²) in [6, 6.07) is 9.66. The fourth-order valence-electron chi connectivity index (χ4n) is 3.05. The number of hydrogen-bond donors (Lipinski definition) is 2. The largest absolute Gasteiger partial charge is 0.452 e. The molecule has 3 aromatic rings. The third-order valence-electron chi connectivity index (χ3n) is 4.62. The molecule has 0 aliphatic carbocycles. The van der Waals surface area contributed by atoms with Gasteiger partial charge in [0.05, 0.1) is 28.5 Å². The number of hydroxylamine groups is 1. The van der Waals surface area contributed by atoms with Crippen LogP contribution in [0.3, 0.4) is 0 Å². The van der Waals surface area contributed by atoms with Gasteiger partial charge in [0.15, 0.2) is 23.2 Å². The van der Waals surface area contributed by atoms with Crippen LogP contribution in [0.5, 0.6) is 11.5 Å². The molecule has 0 aliphatic rings. The molecule has 2 aromatic carbocycles. The number of aromatic nitrogens is 2. The van der Waals surface area contributed by atoms with Gasteiger partial charge in [0.1, 0.15) is 0 Å². The molecule has 1 unspecified atom stereocenters. The highest BCUT2D eigenvalue weighted by atomic mass is 35.5. The van der Waals surface area contributed by atoms with Gasteiger partial charge in [-0.05, 0) is 49.6 Å². The maximum atomic E-state index is 14.4. The molecule has 0 amide bonds. The standard InChI is InChI=1S/C22H20Cl3FN4O2/c1-12-6-7-14(17(25)8-12)9-15(10-23)28-22(30-31)20-13(2)29-27-11-19(20)32-18-5-3-4-16(24)21(18)26/h3-8,11,15,31H,9-10H2,1-2H3,(H,28,30). The number of rotatable bonds is 7. The summed E-state index contributed by atoms with van der Waals surface area (Å²) in [7, 11) is 0. The molecule has 1 aromatic heterocycles. The van der Waals surface area contributed by atoms with Crippen molar-refractivity contribution in [3.8, 4) is 11.5 Å². The first kappa shape index (κ1) is 24.2. The summed E-state index contributed by atoms with van der Waals surface area (Å²) in [5.41, 5.74) is 4.67. The van der Waals surface area contributed by atoms with E-state index in [9.17, 15) is 9.60 Å². The summed E-state index contributed by atoms with van der Waals surface area (Å²) in [4.78, 5) is 4.54. The molecule has 32 heavy (non-hydrogen) atoms. The number of nitrogens with one attached hydrogen (secondary N) is 1. The lowest BCUT2D eigenvalue weighted by Crippen LogP contribution is -2.26. The third kappa shape index (κ3) is 5.66. The highest BCUT2D eigenvalue weighted by Gasteiger charge is 2.20. The molecule has 0 aliphatic heterocycles. The van der Waals surface area contributed by atoms with E-state index in [4.69, 9.17) is 39.5 Å². The lowest BCUT2D eigenvalue weighted by atomic mass is 10.1. The number of aryl methyl sites for hydroxylation is 2. The Morgan fingerprint density at radius 2 is 1.97 bits per heavy atom. The maximum absolute atomic E-state index is 14.4. The Labute approximate surface area is 200 Å². The van der Waals surface area contributed by atoms with E-state index >= 15 is 0 Å². The molecule has 1 atom stereocenters. The molecular weight excluding hydrogens is 478 g/mol. The van der Waals surface area contributed by atoms with Crippen molar-refractivity contribution in [3.05, 3.63) is 80.8 Å². The zero-order valence-corrected chi connectivity index (χ0v) is 19.5. The predicted molar refractivity (Wildman–Crippen MR) is 124 cm³/mol. The molecule has 10 heteroatoms. The van der Waals surface area contributed by atoms with Crippen molar-refractivity contribution in [2.24, 2.45) is 4.99 Å². The second-order valence-corrected chi connectivity index (χ2v) is 8.14. The van der Waals surface area contributed by atoms with Crippen LogP contribution in [0.15, 0.2) is 47.6 Å². The van der Waals surface area contributed by atoms with Crippen LogP contribution in [0.4, 0.5) is 4.39 Å². The van der Waals surface area contributed by atoms with Crippen molar-refractivity contribution in [2.45, 2.75) is 26.3 Å². The average Bonchev–Trinajstić information content (AvgIpc) is 2.76. The predicted octanol–water partition coefficient (Wildman–Crippen LogP) is 5.91. The van der Waals surface area contributed by atoms with Crippen molar-refractivity contribution in [1.82, 2.24) is 15.7 Å². The van der Waals surface area contributed by atoms with Gasteiger partial charge in [-0.2, -0.15) is 10.2 Å². The molecule has 0 radical (unpaired) electrons. The number of hydrogen-bond acceptors (Lipinski definition) is 5. The number of benzene rings is 2. The van der Waals surface area contributed by atoms with E-state index in [1.807, 2.05) is 25.1 Å². The molecule has 0 saturated heterocycles. The summed E-state index contributed by atoms with van der Waals surface area (Å²) in [6.07, 6.45) is 1.73. The quantitative estimate of drug-likeness (QED) is 0.184. The molecule has 3 rings (SSSR count). The van der Waals surface area contributed by atoms with Crippen LogP contribution in [-0.2, 0) is 6.42 Å². The van der Waals surface area contributed by atoms with Crippen molar-refractivity contribution in [2.75, 3.05) is 5.88 Å². The second kappa shape index (κ2) is 10.9. The van der Waals surface area contributed by atoms with Crippen LogP contribution in [-0.4, -0.2) is 33.2 Å². The topological polar surface area (TPSA) is 79.6 Å². The van der Waals surface area contributed by atoms with Crippen molar-refractivity contribution in [3.63, 3.8) is 0 Å².